The van der Waals surface area contributed by atoms with Crippen molar-refractivity contribution in [3.05, 3.63) is 48.3 Å². The lowest BCUT2D eigenvalue weighted by Gasteiger charge is -2.08. The van der Waals surface area contributed by atoms with Gasteiger partial charge in [0.1, 0.15) is 0 Å². The molecule has 4 nitrogen and oxygen atoms in total. The van der Waals surface area contributed by atoms with Gasteiger partial charge in [-0.05, 0) is 36.8 Å². The van der Waals surface area contributed by atoms with Crippen LogP contribution in [-0.2, 0) is 0 Å². The van der Waals surface area contributed by atoms with Crippen molar-refractivity contribution in [2.24, 2.45) is 0 Å². The molecular weight excluding hydrogens is 238 g/mol. The van der Waals surface area contributed by atoms with E-state index in [4.69, 9.17) is 4.74 Å². The highest BCUT2D eigenvalue weighted by molar-refractivity contribution is 5.85. The number of hydrogen-bond acceptors (Lipinski definition) is 4. The number of rotatable bonds is 2. The molecule has 0 spiro atoms. The summed E-state index contributed by atoms with van der Waals surface area (Å²) in [5.74, 6) is 1.24. The second-order valence-corrected chi connectivity index (χ2v) is 4.31. The molecule has 0 amide bonds. The van der Waals surface area contributed by atoms with Crippen LogP contribution in [0.3, 0.4) is 0 Å². The predicted molar refractivity (Wildman–Crippen MR) is 74.1 cm³/mol. The smallest absolute Gasteiger partial charge is 0.224 e. The van der Waals surface area contributed by atoms with Crippen LogP contribution in [0, 0.1) is 6.92 Å². The third-order valence-electron chi connectivity index (χ3n) is 2.95. The molecule has 0 aliphatic carbocycles. The fraction of sp³-hybridized carbons (Fsp3) is 0.133. The van der Waals surface area contributed by atoms with Gasteiger partial charge in [0.05, 0.1) is 18.0 Å². The van der Waals surface area contributed by atoms with E-state index in [1.165, 1.54) is 0 Å². The molecule has 1 aromatic carbocycles. The first-order chi connectivity index (χ1) is 9.28. The average molecular weight is 251 g/mol. The molecule has 2 aromatic heterocycles. The summed E-state index contributed by atoms with van der Waals surface area (Å²) in [7, 11) is 1.62. The van der Waals surface area contributed by atoms with Crippen LogP contribution in [0.5, 0.6) is 5.88 Å². The van der Waals surface area contributed by atoms with Gasteiger partial charge in [-0.15, -0.1) is 0 Å². The zero-order valence-corrected chi connectivity index (χ0v) is 10.8. The van der Waals surface area contributed by atoms with Gasteiger partial charge < -0.3 is 4.74 Å². The van der Waals surface area contributed by atoms with Gasteiger partial charge in [-0.25, -0.2) is 4.98 Å². The van der Waals surface area contributed by atoms with E-state index in [9.17, 15) is 0 Å². The summed E-state index contributed by atoms with van der Waals surface area (Å²) in [4.78, 5) is 13.1. The lowest BCUT2D eigenvalue weighted by molar-refractivity contribution is 0.403. The van der Waals surface area contributed by atoms with Crippen molar-refractivity contribution in [1.29, 1.82) is 0 Å². The van der Waals surface area contributed by atoms with Gasteiger partial charge in [-0.3, -0.25) is 4.98 Å². The van der Waals surface area contributed by atoms with E-state index in [0.29, 0.717) is 11.7 Å². The molecule has 3 rings (SSSR count). The predicted octanol–water partition coefficient (Wildman–Crippen LogP) is 3.01. The largest absolute Gasteiger partial charge is 0.480 e. The van der Waals surface area contributed by atoms with Gasteiger partial charge >= 0.3 is 0 Å². The molecule has 0 N–H and O–H groups in total. The van der Waals surface area contributed by atoms with E-state index in [1.807, 2.05) is 37.3 Å². The minimum atomic E-state index is 0.594. The maximum atomic E-state index is 5.36. The highest BCUT2D eigenvalue weighted by Gasteiger charge is 2.09. The number of pyridine rings is 1. The van der Waals surface area contributed by atoms with E-state index in [2.05, 4.69) is 15.0 Å². The van der Waals surface area contributed by atoms with E-state index in [0.717, 1.165) is 22.0 Å². The number of benzene rings is 1. The average Bonchev–Trinajstić information content (AvgIpc) is 2.46. The van der Waals surface area contributed by atoms with Crippen LogP contribution in [0.4, 0.5) is 0 Å². The maximum absolute atomic E-state index is 5.36. The lowest BCUT2D eigenvalue weighted by Crippen LogP contribution is -1.96. The normalized spacial score (nSPS) is 10.6. The Labute approximate surface area is 111 Å². The topological polar surface area (TPSA) is 47.9 Å². The molecule has 0 radical (unpaired) electrons. The van der Waals surface area contributed by atoms with Crippen molar-refractivity contribution < 1.29 is 4.74 Å². The third kappa shape index (κ3) is 2.12. The molecule has 94 valence electrons. The fourth-order valence-electron chi connectivity index (χ4n) is 2.00. The molecule has 3 aromatic rings. The number of ether oxygens (including phenoxy) is 1. The first-order valence-electron chi connectivity index (χ1n) is 6.01. The zero-order valence-electron chi connectivity index (χ0n) is 10.8. The Morgan fingerprint density at radius 2 is 1.79 bits per heavy atom. The van der Waals surface area contributed by atoms with Gasteiger partial charge in [0, 0.05) is 18.0 Å². The van der Waals surface area contributed by atoms with Crippen LogP contribution in [-0.4, -0.2) is 22.1 Å². The van der Waals surface area contributed by atoms with E-state index in [1.54, 1.807) is 19.5 Å². The van der Waals surface area contributed by atoms with Crippen molar-refractivity contribution in [2.45, 2.75) is 6.92 Å². The summed E-state index contributed by atoms with van der Waals surface area (Å²) < 4.78 is 5.36. The highest BCUT2D eigenvalue weighted by atomic mass is 16.5. The summed E-state index contributed by atoms with van der Waals surface area (Å²) >= 11 is 0. The molecule has 4 heteroatoms. The highest BCUT2D eigenvalue weighted by Crippen LogP contribution is 2.26. The second kappa shape index (κ2) is 4.65. The monoisotopic (exact) mass is 251 g/mol. The second-order valence-electron chi connectivity index (χ2n) is 4.31. The molecular formula is C15H13N3O. The summed E-state index contributed by atoms with van der Waals surface area (Å²) in [6, 6.07) is 9.82. The summed E-state index contributed by atoms with van der Waals surface area (Å²) in [5, 5.41) is 0.922. The van der Waals surface area contributed by atoms with E-state index >= 15 is 0 Å². The Kier molecular flexibility index (Phi) is 2.83. The van der Waals surface area contributed by atoms with Crippen LogP contribution >= 0.6 is 0 Å². The first kappa shape index (κ1) is 11.6. The Morgan fingerprint density at radius 3 is 2.53 bits per heavy atom. The molecule has 2 heterocycles. The molecule has 0 bridgehead atoms. The van der Waals surface area contributed by atoms with Gasteiger partial charge in [0.25, 0.3) is 0 Å². The lowest BCUT2D eigenvalue weighted by atomic mass is 10.1. The standard InChI is InChI=1S/C15H13N3O/c1-10-3-4-12-13(9-10)17-14(18-15(12)19-2)11-5-7-16-8-6-11/h3-9H,1-2H3. The molecule has 0 aliphatic heterocycles. The number of hydrogen-bond donors (Lipinski definition) is 0. The number of aryl methyl sites for hydroxylation is 1. The summed E-state index contributed by atoms with van der Waals surface area (Å²) in [6.07, 6.45) is 3.46. The summed E-state index contributed by atoms with van der Waals surface area (Å²) in [6.45, 7) is 2.04. The number of aromatic nitrogens is 3. The first-order valence-corrected chi connectivity index (χ1v) is 6.01. The molecule has 19 heavy (non-hydrogen) atoms. The number of fused-ring (bicyclic) bond motifs is 1. The minimum Gasteiger partial charge on any atom is -0.480 e. The molecule has 0 saturated heterocycles. The third-order valence-corrected chi connectivity index (χ3v) is 2.95. The van der Waals surface area contributed by atoms with Crippen molar-refractivity contribution in [2.75, 3.05) is 7.11 Å². The van der Waals surface area contributed by atoms with Gasteiger partial charge in [-0.2, -0.15) is 4.98 Å². The van der Waals surface area contributed by atoms with Crippen LogP contribution in [0.2, 0.25) is 0 Å². The van der Waals surface area contributed by atoms with Crippen molar-refractivity contribution in [3.8, 4) is 17.3 Å². The maximum Gasteiger partial charge on any atom is 0.224 e. The summed E-state index contributed by atoms with van der Waals surface area (Å²) in [5.41, 5.74) is 2.98. The molecule has 0 saturated carbocycles. The Bertz CT molecular complexity index is 726. The van der Waals surface area contributed by atoms with Gasteiger partial charge in [0.15, 0.2) is 5.82 Å². The van der Waals surface area contributed by atoms with Crippen LogP contribution in [0.1, 0.15) is 5.56 Å². The molecule has 0 atom stereocenters. The number of methoxy groups -OCH3 is 1. The van der Waals surface area contributed by atoms with Crippen molar-refractivity contribution in [1.82, 2.24) is 15.0 Å². The fourth-order valence-corrected chi connectivity index (χ4v) is 2.00. The quantitative estimate of drug-likeness (QED) is 0.702. The van der Waals surface area contributed by atoms with Gasteiger partial charge in [-0.1, -0.05) is 6.07 Å². The number of nitrogens with zero attached hydrogens (tertiary/aromatic N) is 3. The van der Waals surface area contributed by atoms with Crippen LogP contribution in [0.25, 0.3) is 22.3 Å². The Hall–Kier alpha value is -2.49. The van der Waals surface area contributed by atoms with Crippen LogP contribution in [0.15, 0.2) is 42.7 Å². The Balaban J connectivity index is 2.27. The minimum absolute atomic E-state index is 0.594. The Morgan fingerprint density at radius 1 is 1.00 bits per heavy atom. The van der Waals surface area contributed by atoms with Crippen LogP contribution < -0.4 is 4.74 Å². The molecule has 0 aliphatic rings. The van der Waals surface area contributed by atoms with E-state index < -0.39 is 0 Å². The SMILES string of the molecule is COc1nc(-c2ccncc2)nc2cc(C)ccc12. The van der Waals surface area contributed by atoms with Crippen molar-refractivity contribution >= 4 is 10.9 Å². The molecule has 0 fully saturated rings. The molecule has 0 unspecified atom stereocenters. The zero-order chi connectivity index (χ0) is 13.2. The van der Waals surface area contributed by atoms with Crippen molar-refractivity contribution in [3.63, 3.8) is 0 Å². The van der Waals surface area contributed by atoms with E-state index in [-0.39, 0.29) is 0 Å². The van der Waals surface area contributed by atoms with Gasteiger partial charge in [0.2, 0.25) is 5.88 Å².